The van der Waals surface area contributed by atoms with Crippen molar-refractivity contribution in [3.63, 3.8) is 0 Å². The molecule has 0 bridgehead atoms. The molecule has 0 aliphatic rings. The molecular formula is C10H14BrN5. The van der Waals surface area contributed by atoms with Crippen molar-refractivity contribution in [1.82, 2.24) is 14.4 Å². The summed E-state index contributed by atoms with van der Waals surface area (Å²) in [6, 6.07) is 0. The molecule has 0 aliphatic carbocycles. The monoisotopic (exact) mass is 283 g/mol. The largest absolute Gasteiger partial charge is 0.382 e. The molecule has 0 saturated heterocycles. The second kappa shape index (κ2) is 4.29. The zero-order chi connectivity index (χ0) is 11.7. The third-order valence-corrected chi connectivity index (χ3v) is 3.12. The van der Waals surface area contributed by atoms with E-state index in [1.54, 1.807) is 6.20 Å². The topological polar surface area (TPSA) is 59.5 Å². The van der Waals surface area contributed by atoms with Crippen molar-refractivity contribution in [3.8, 4) is 0 Å². The first-order valence-corrected chi connectivity index (χ1v) is 6.01. The van der Waals surface area contributed by atoms with Crippen molar-refractivity contribution in [2.45, 2.75) is 13.8 Å². The van der Waals surface area contributed by atoms with Gasteiger partial charge in [0, 0.05) is 25.5 Å². The number of rotatable bonds is 3. The van der Waals surface area contributed by atoms with Gasteiger partial charge >= 0.3 is 0 Å². The molecule has 0 aromatic carbocycles. The van der Waals surface area contributed by atoms with Gasteiger partial charge in [-0.2, -0.15) is 0 Å². The molecule has 2 aromatic rings. The Hall–Kier alpha value is -1.30. The van der Waals surface area contributed by atoms with Gasteiger partial charge in [-0.15, -0.1) is 0 Å². The number of imidazole rings is 1. The van der Waals surface area contributed by atoms with Crippen LogP contribution in [0.25, 0.3) is 5.52 Å². The van der Waals surface area contributed by atoms with E-state index in [2.05, 4.69) is 44.6 Å². The molecule has 86 valence electrons. The van der Waals surface area contributed by atoms with E-state index in [0.29, 0.717) is 5.82 Å². The van der Waals surface area contributed by atoms with E-state index in [4.69, 9.17) is 5.73 Å². The number of nitrogens with two attached hydrogens (primary N) is 1. The Morgan fingerprint density at radius 2 is 2.12 bits per heavy atom. The molecule has 0 unspecified atom stereocenters. The van der Waals surface area contributed by atoms with E-state index >= 15 is 0 Å². The van der Waals surface area contributed by atoms with Crippen LogP contribution in [0.5, 0.6) is 0 Å². The summed E-state index contributed by atoms with van der Waals surface area (Å²) in [5.41, 5.74) is 6.66. The Morgan fingerprint density at radius 1 is 1.44 bits per heavy atom. The van der Waals surface area contributed by atoms with E-state index in [9.17, 15) is 0 Å². The lowest BCUT2D eigenvalue weighted by Crippen LogP contribution is -2.24. The molecule has 0 radical (unpaired) electrons. The van der Waals surface area contributed by atoms with Gasteiger partial charge in [0.2, 0.25) is 5.95 Å². The highest BCUT2D eigenvalue weighted by Gasteiger charge is 2.15. The Kier molecular flexibility index (Phi) is 3.00. The predicted octanol–water partition coefficient (Wildman–Crippen LogP) is 1.92. The number of hydrogen-bond donors (Lipinski definition) is 1. The van der Waals surface area contributed by atoms with E-state index in [1.807, 2.05) is 10.6 Å². The fourth-order valence-electron chi connectivity index (χ4n) is 1.74. The van der Waals surface area contributed by atoms with Crippen LogP contribution in [0.1, 0.15) is 13.8 Å². The number of nitrogens with zero attached hydrogens (tertiary/aromatic N) is 4. The first kappa shape index (κ1) is 11.2. The zero-order valence-corrected chi connectivity index (χ0v) is 10.9. The molecule has 5 nitrogen and oxygen atoms in total. The average molecular weight is 284 g/mol. The van der Waals surface area contributed by atoms with Crippen LogP contribution in [0.3, 0.4) is 0 Å². The third kappa shape index (κ3) is 1.63. The Bertz CT molecular complexity index is 503. The molecule has 2 rings (SSSR count). The maximum atomic E-state index is 5.83. The molecule has 0 atom stereocenters. The van der Waals surface area contributed by atoms with Crippen LogP contribution in [0.15, 0.2) is 17.0 Å². The van der Waals surface area contributed by atoms with Crippen LogP contribution in [0, 0.1) is 0 Å². The second-order valence-corrected chi connectivity index (χ2v) is 4.16. The van der Waals surface area contributed by atoms with Gasteiger partial charge in [0.05, 0.1) is 0 Å². The smallest absolute Gasteiger partial charge is 0.211 e. The molecule has 16 heavy (non-hydrogen) atoms. The molecule has 2 N–H and O–H groups in total. The SMILES string of the molecule is CCN(CC)c1nc(Br)c2c(N)nccn12. The lowest BCUT2D eigenvalue weighted by Gasteiger charge is -2.18. The van der Waals surface area contributed by atoms with E-state index < -0.39 is 0 Å². The van der Waals surface area contributed by atoms with Crippen LogP contribution < -0.4 is 10.6 Å². The highest BCUT2D eigenvalue weighted by molar-refractivity contribution is 9.10. The lowest BCUT2D eigenvalue weighted by atomic mass is 10.5. The Labute approximate surface area is 102 Å². The van der Waals surface area contributed by atoms with Crippen molar-refractivity contribution in [2.75, 3.05) is 23.7 Å². The molecule has 0 spiro atoms. The summed E-state index contributed by atoms with van der Waals surface area (Å²) in [5, 5.41) is 0. The molecule has 0 saturated carbocycles. The molecule has 2 aromatic heterocycles. The second-order valence-electron chi connectivity index (χ2n) is 3.41. The third-order valence-electron chi connectivity index (χ3n) is 2.57. The van der Waals surface area contributed by atoms with E-state index in [1.165, 1.54) is 0 Å². The fraction of sp³-hybridized carbons (Fsp3) is 0.400. The number of halogens is 1. The van der Waals surface area contributed by atoms with Gasteiger partial charge in [-0.3, -0.25) is 4.40 Å². The lowest BCUT2D eigenvalue weighted by molar-refractivity contribution is 0.817. The van der Waals surface area contributed by atoms with Crippen LogP contribution in [-0.4, -0.2) is 27.5 Å². The highest BCUT2D eigenvalue weighted by atomic mass is 79.9. The van der Waals surface area contributed by atoms with Crippen molar-refractivity contribution < 1.29 is 0 Å². The molecule has 0 aliphatic heterocycles. The average Bonchev–Trinajstić information content (AvgIpc) is 2.60. The Morgan fingerprint density at radius 3 is 2.75 bits per heavy atom. The van der Waals surface area contributed by atoms with Crippen molar-refractivity contribution in [1.29, 1.82) is 0 Å². The van der Waals surface area contributed by atoms with Gasteiger partial charge in [-0.05, 0) is 29.8 Å². The zero-order valence-electron chi connectivity index (χ0n) is 9.31. The maximum Gasteiger partial charge on any atom is 0.211 e. The normalized spacial score (nSPS) is 10.9. The van der Waals surface area contributed by atoms with Crippen molar-refractivity contribution in [2.24, 2.45) is 0 Å². The molecule has 0 amide bonds. The number of fused-ring (bicyclic) bond motifs is 1. The quantitative estimate of drug-likeness (QED) is 0.935. The summed E-state index contributed by atoms with van der Waals surface area (Å²) in [6.07, 6.45) is 3.56. The minimum Gasteiger partial charge on any atom is -0.382 e. The van der Waals surface area contributed by atoms with E-state index in [0.717, 1.165) is 29.2 Å². The first-order chi connectivity index (χ1) is 7.69. The van der Waals surface area contributed by atoms with Crippen molar-refractivity contribution >= 4 is 33.2 Å². The van der Waals surface area contributed by atoms with Gasteiger partial charge < -0.3 is 10.6 Å². The minimum absolute atomic E-state index is 0.486. The predicted molar refractivity (Wildman–Crippen MR) is 68.7 cm³/mol. The summed E-state index contributed by atoms with van der Waals surface area (Å²) in [5.74, 6) is 1.38. The summed E-state index contributed by atoms with van der Waals surface area (Å²) in [4.78, 5) is 10.7. The van der Waals surface area contributed by atoms with Gasteiger partial charge in [-0.25, -0.2) is 9.97 Å². The standard InChI is InChI=1S/C10H14BrN5/c1-3-15(4-2)10-14-8(11)7-9(12)13-5-6-16(7)10/h5-6H,3-4H2,1-2H3,(H2,12,13). The number of aromatic nitrogens is 3. The van der Waals surface area contributed by atoms with Crippen LogP contribution in [0.2, 0.25) is 0 Å². The van der Waals surface area contributed by atoms with Crippen LogP contribution >= 0.6 is 15.9 Å². The summed E-state index contributed by atoms with van der Waals surface area (Å²) < 4.78 is 2.69. The molecule has 0 fully saturated rings. The van der Waals surface area contributed by atoms with Crippen LogP contribution in [0.4, 0.5) is 11.8 Å². The molecule has 2 heterocycles. The maximum absolute atomic E-state index is 5.83. The Balaban J connectivity index is 2.68. The number of anilines is 2. The number of hydrogen-bond acceptors (Lipinski definition) is 4. The van der Waals surface area contributed by atoms with Crippen LogP contribution in [-0.2, 0) is 0 Å². The van der Waals surface area contributed by atoms with Gasteiger partial charge in [0.25, 0.3) is 0 Å². The molecule has 6 heteroatoms. The van der Waals surface area contributed by atoms with Crippen molar-refractivity contribution in [3.05, 3.63) is 17.0 Å². The minimum atomic E-state index is 0.486. The highest BCUT2D eigenvalue weighted by Crippen LogP contribution is 2.26. The van der Waals surface area contributed by atoms with Gasteiger partial charge in [0.1, 0.15) is 10.1 Å². The fourth-order valence-corrected chi connectivity index (χ4v) is 2.29. The summed E-state index contributed by atoms with van der Waals surface area (Å²) >= 11 is 3.42. The van der Waals surface area contributed by atoms with Gasteiger partial charge in [-0.1, -0.05) is 0 Å². The summed E-state index contributed by atoms with van der Waals surface area (Å²) in [6.45, 7) is 6.01. The molecular weight excluding hydrogens is 270 g/mol. The van der Waals surface area contributed by atoms with Gasteiger partial charge in [0.15, 0.2) is 5.82 Å². The summed E-state index contributed by atoms with van der Waals surface area (Å²) in [7, 11) is 0. The van der Waals surface area contributed by atoms with E-state index in [-0.39, 0.29) is 0 Å². The first-order valence-electron chi connectivity index (χ1n) is 5.22. The number of nitrogen functional groups attached to an aromatic ring is 1.